The van der Waals surface area contributed by atoms with Crippen LogP contribution < -0.4 is 0 Å². The molecule has 0 spiro atoms. The topological polar surface area (TPSA) is 30.7 Å². The van der Waals surface area contributed by atoms with Crippen LogP contribution in [0.15, 0.2) is 36.4 Å². The number of aryl methyl sites for hydroxylation is 3. The van der Waals surface area contributed by atoms with E-state index >= 15 is 0 Å². The average molecular weight is 265 g/mol. The molecule has 0 amide bonds. The first-order valence-corrected chi connectivity index (χ1v) is 6.96. The Labute approximate surface area is 119 Å². The van der Waals surface area contributed by atoms with Crippen LogP contribution in [0, 0.1) is 20.8 Å². The van der Waals surface area contributed by atoms with Crippen molar-refractivity contribution >= 4 is 11.0 Å². The average Bonchev–Trinajstić information content (AvgIpc) is 2.76. The zero-order chi connectivity index (χ0) is 14.3. The molecule has 0 bridgehead atoms. The molecule has 20 heavy (non-hydrogen) atoms. The van der Waals surface area contributed by atoms with Gasteiger partial charge in [-0.1, -0.05) is 30.3 Å². The predicted molar refractivity (Wildman–Crippen MR) is 82.0 cm³/mol. The highest BCUT2D eigenvalue weighted by molar-refractivity contribution is 5.82. The van der Waals surface area contributed by atoms with Gasteiger partial charge in [-0.05, 0) is 44.9 Å². The van der Waals surface area contributed by atoms with Gasteiger partial charge in [0.05, 0.1) is 11.7 Å². The summed E-state index contributed by atoms with van der Waals surface area (Å²) >= 11 is 0. The van der Waals surface area contributed by atoms with E-state index in [9.17, 15) is 0 Å². The molecule has 0 aliphatic carbocycles. The van der Waals surface area contributed by atoms with Crippen LogP contribution in [0.4, 0.5) is 0 Å². The monoisotopic (exact) mass is 265 g/mol. The van der Waals surface area contributed by atoms with Crippen LogP contribution in [-0.4, -0.2) is 14.8 Å². The van der Waals surface area contributed by atoms with Crippen molar-refractivity contribution in [3.63, 3.8) is 0 Å². The molecule has 1 atom stereocenters. The Morgan fingerprint density at radius 2 is 1.75 bits per heavy atom. The third kappa shape index (κ3) is 1.99. The van der Waals surface area contributed by atoms with E-state index in [1.807, 2.05) is 17.7 Å². The van der Waals surface area contributed by atoms with E-state index in [1.165, 1.54) is 16.5 Å². The molecule has 2 heterocycles. The van der Waals surface area contributed by atoms with E-state index in [2.05, 4.69) is 51.1 Å². The van der Waals surface area contributed by atoms with Gasteiger partial charge in [-0.15, -0.1) is 0 Å². The lowest BCUT2D eigenvalue weighted by molar-refractivity contribution is 0.574. The van der Waals surface area contributed by atoms with Crippen molar-refractivity contribution in [2.75, 3.05) is 0 Å². The van der Waals surface area contributed by atoms with Crippen LogP contribution in [0.2, 0.25) is 0 Å². The smallest absolute Gasteiger partial charge is 0.159 e. The molecule has 3 nitrogen and oxygen atoms in total. The number of hydrogen-bond donors (Lipinski definition) is 0. The zero-order valence-corrected chi connectivity index (χ0v) is 12.4. The van der Waals surface area contributed by atoms with Gasteiger partial charge in [0.2, 0.25) is 0 Å². The van der Waals surface area contributed by atoms with E-state index in [0.717, 1.165) is 17.0 Å². The number of hydrogen-bond acceptors (Lipinski definition) is 2. The Bertz CT molecular complexity index is 757. The zero-order valence-electron chi connectivity index (χ0n) is 12.4. The standard InChI is InChI=1S/C17H19N3/c1-11-10-12(2)18-17-16(11)13(3)19-20(17)14(4)15-8-6-5-7-9-15/h5-10,14H,1-4H3/t14-/m0/s1. The van der Waals surface area contributed by atoms with Crippen LogP contribution in [0.3, 0.4) is 0 Å². The second-order valence-electron chi connectivity index (χ2n) is 5.40. The lowest BCUT2D eigenvalue weighted by Gasteiger charge is -2.13. The molecule has 3 rings (SSSR count). The summed E-state index contributed by atoms with van der Waals surface area (Å²) in [6.07, 6.45) is 0. The van der Waals surface area contributed by atoms with E-state index < -0.39 is 0 Å². The maximum Gasteiger partial charge on any atom is 0.159 e. The number of fused-ring (bicyclic) bond motifs is 1. The van der Waals surface area contributed by atoms with Crippen LogP contribution in [0.5, 0.6) is 0 Å². The number of rotatable bonds is 2. The van der Waals surface area contributed by atoms with Gasteiger partial charge < -0.3 is 0 Å². The lowest BCUT2D eigenvalue weighted by Crippen LogP contribution is -2.09. The molecular weight excluding hydrogens is 246 g/mol. The van der Waals surface area contributed by atoms with Crippen molar-refractivity contribution < 1.29 is 0 Å². The van der Waals surface area contributed by atoms with Gasteiger partial charge in [0.1, 0.15) is 0 Å². The summed E-state index contributed by atoms with van der Waals surface area (Å²) in [5, 5.41) is 5.90. The molecule has 0 aliphatic rings. The Morgan fingerprint density at radius 3 is 2.45 bits per heavy atom. The number of aromatic nitrogens is 3. The molecule has 3 aromatic rings. The lowest BCUT2D eigenvalue weighted by atomic mass is 10.1. The van der Waals surface area contributed by atoms with Gasteiger partial charge in [0.25, 0.3) is 0 Å². The molecule has 0 saturated heterocycles. The highest BCUT2D eigenvalue weighted by Gasteiger charge is 2.17. The highest BCUT2D eigenvalue weighted by Crippen LogP contribution is 2.26. The van der Waals surface area contributed by atoms with Gasteiger partial charge in [0, 0.05) is 11.1 Å². The largest absolute Gasteiger partial charge is 0.240 e. The van der Waals surface area contributed by atoms with Crippen molar-refractivity contribution in [1.82, 2.24) is 14.8 Å². The van der Waals surface area contributed by atoms with Crippen LogP contribution in [-0.2, 0) is 0 Å². The molecule has 3 heteroatoms. The van der Waals surface area contributed by atoms with Crippen LogP contribution in [0.1, 0.15) is 35.5 Å². The van der Waals surface area contributed by atoms with E-state index in [-0.39, 0.29) is 6.04 Å². The van der Waals surface area contributed by atoms with Crippen molar-refractivity contribution in [2.24, 2.45) is 0 Å². The third-order valence-electron chi connectivity index (χ3n) is 3.81. The molecule has 0 saturated carbocycles. The van der Waals surface area contributed by atoms with Gasteiger partial charge in [-0.3, -0.25) is 0 Å². The van der Waals surface area contributed by atoms with Crippen LogP contribution >= 0.6 is 0 Å². The molecule has 0 radical (unpaired) electrons. The Morgan fingerprint density at radius 1 is 1.05 bits per heavy atom. The number of nitrogens with zero attached hydrogens (tertiary/aromatic N) is 3. The maximum atomic E-state index is 4.72. The molecule has 0 N–H and O–H groups in total. The van der Waals surface area contributed by atoms with Crippen molar-refractivity contribution in [3.05, 3.63) is 58.9 Å². The fraction of sp³-hybridized carbons (Fsp3) is 0.294. The minimum absolute atomic E-state index is 0.182. The van der Waals surface area contributed by atoms with Gasteiger partial charge in [0.15, 0.2) is 5.65 Å². The molecule has 0 fully saturated rings. The predicted octanol–water partition coefficient (Wildman–Crippen LogP) is 3.97. The van der Waals surface area contributed by atoms with Gasteiger partial charge in [-0.2, -0.15) is 5.10 Å². The minimum atomic E-state index is 0.182. The highest BCUT2D eigenvalue weighted by atomic mass is 15.3. The maximum absolute atomic E-state index is 4.72. The van der Waals surface area contributed by atoms with Crippen molar-refractivity contribution in [1.29, 1.82) is 0 Å². The van der Waals surface area contributed by atoms with Crippen molar-refractivity contribution in [2.45, 2.75) is 33.7 Å². The third-order valence-corrected chi connectivity index (χ3v) is 3.81. The number of benzene rings is 1. The summed E-state index contributed by atoms with van der Waals surface area (Å²) in [6, 6.07) is 12.7. The first-order chi connectivity index (χ1) is 9.58. The molecule has 1 aromatic carbocycles. The fourth-order valence-electron chi connectivity index (χ4n) is 2.83. The minimum Gasteiger partial charge on any atom is -0.240 e. The second kappa shape index (κ2) is 4.75. The van der Waals surface area contributed by atoms with Gasteiger partial charge >= 0.3 is 0 Å². The van der Waals surface area contributed by atoms with Crippen molar-refractivity contribution in [3.8, 4) is 0 Å². The normalized spacial score (nSPS) is 12.8. The second-order valence-corrected chi connectivity index (χ2v) is 5.40. The molecule has 2 aromatic heterocycles. The molecule has 0 unspecified atom stereocenters. The van der Waals surface area contributed by atoms with Gasteiger partial charge in [-0.25, -0.2) is 9.67 Å². The van der Waals surface area contributed by atoms with Crippen LogP contribution in [0.25, 0.3) is 11.0 Å². The fourth-order valence-corrected chi connectivity index (χ4v) is 2.83. The first kappa shape index (κ1) is 12.9. The summed E-state index contributed by atoms with van der Waals surface area (Å²) in [6.45, 7) is 8.39. The summed E-state index contributed by atoms with van der Waals surface area (Å²) in [5.74, 6) is 0. The van der Waals surface area contributed by atoms with E-state index in [1.54, 1.807) is 0 Å². The molecule has 0 aliphatic heterocycles. The SMILES string of the molecule is Cc1cc(C)c2c(C)nn([C@@H](C)c3ccccc3)c2n1. The first-order valence-electron chi connectivity index (χ1n) is 6.96. The molecule has 102 valence electrons. The molecular formula is C17H19N3. The summed E-state index contributed by atoms with van der Waals surface area (Å²) < 4.78 is 2.04. The summed E-state index contributed by atoms with van der Waals surface area (Å²) in [5.41, 5.74) is 5.56. The van der Waals surface area contributed by atoms with E-state index in [0.29, 0.717) is 0 Å². The van der Waals surface area contributed by atoms with E-state index in [4.69, 9.17) is 10.1 Å². The Hall–Kier alpha value is -2.16. The number of pyridine rings is 1. The quantitative estimate of drug-likeness (QED) is 0.702. The summed E-state index contributed by atoms with van der Waals surface area (Å²) in [7, 11) is 0. The Balaban J connectivity index is 2.22. The summed E-state index contributed by atoms with van der Waals surface area (Å²) in [4.78, 5) is 4.70. The Kier molecular flexibility index (Phi) is 3.05.